The van der Waals surface area contributed by atoms with Gasteiger partial charge in [-0.2, -0.15) is 5.10 Å². The molecule has 1 aliphatic heterocycles. The molecule has 0 spiro atoms. The Hall–Kier alpha value is -2.66. The number of likely N-dealkylation sites (tertiary alicyclic amines) is 1. The fraction of sp³-hybridized carbons (Fsp3) is 0.318. The molecular weight excluding hydrogens is 341 g/mol. The highest BCUT2D eigenvalue weighted by Gasteiger charge is 2.27. The normalized spacial score (nSPS) is 17.3. The van der Waals surface area contributed by atoms with Gasteiger partial charge in [-0.05, 0) is 55.3 Å². The van der Waals surface area contributed by atoms with Crippen LogP contribution in [-0.2, 0) is 13.0 Å². The van der Waals surface area contributed by atoms with Crippen LogP contribution in [0, 0.1) is 5.82 Å². The topological polar surface area (TPSA) is 41.1 Å². The molecule has 2 heterocycles. The first kappa shape index (κ1) is 17.7. The molecule has 1 unspecified atom stereocenters. The second-order valence-corrected chi connectivity index (χ2v) is 6.98. The van der Waals surface area contributed by atoms with Crippen LogP contribution in [0.5, 0.6) is 5.75 Å². The van der Waals surface area contributed by atoms with Crippen molar-refractivity contribution in [2.24, 2.45) is 0 Å². The summed E-state index contributed by atoms with van der Waals surface area (Å²) < 4.78 is 18.6. The van der Waals surface area contributed by atoms with Crippen LogP contribution in [0.4, 0.5) is 4.39 Å². The molecule has 2 aromatic carbocycles. The summed E-state index contributed by atoms with van der Waals surface area (Å²) in [5.41, 5.74) is 3.52. The molecule has 0 saturated carbocycles. The molecule has 0 aliphatic carbocycles. The van der Waals surface area contributed by atoms with Crippen LogP contribution < -0.4 is 4.74 Å². The van der Waals surface area contributed by atoms with Crippen molar-refractivity contribution in [3.05, 3.63) is 83.4 Å². The molecule has 4 rings (SSSR count). The highest BCUT2D eigenvalue weighted by atomic mass is 19.1. The van der Waals surface area contributed by atoms with E-state index < -0.39 is 0 Å². The predicted molar refractivity (Wildman–Crippen MR) is 103 cm³/mol. The molecule has 5 heteroatoms. The average molecular weight is 365 g/mol. The van der Waals surface area contributed by atoms with Gasteiger partial charge in [-0.3, -0.25) is 10.00 Å². The Morgan fingerprint density at radius 3 is 2.74 bits per heavy atom. The highest BCUT2D eigenvalue weighted by molar-refractivity contribution is 5.22. The van der Waals surface area contributed by atoms with Crippen LogP contribution in [0.2, 0.25) is 0 Å². The van der Waals surface area contributed by atoms with Crippen molar-refractivity contribution in [3.8, 4) is 5.75 Å². The molecule has 4 nitrogen and oxygen atoms in total. The third-order valence-corrected chi connectivity index (χ3v) is 5.04. The summed E-state index contributed by atoms with van der Waals surface area (Å²) in [6, 6.07) is 19.2. The molecule has 1 N–H and O–H groups in total. The van der Waals surface area contributed by atoms with E-state index in [0.717, 1.165) is 37.3 Å². The molecule has 1 fully saturated rings. The van der Waals surface area contributed by atoms with E-state index in [1.807, 2.05) is 0 Å². The lowest BCUT2D eigenvalue weighted by Gasteiger charge is -2.22. The number of hydrogen-bond donors (Lipinski definition) is 1. The Bertz CT molecular complexity index is 848. The minimum atomic E-state index is -0.253. The average Bonchev–Trinajstić information content (AvgIpc) is 3.33. The number of H-pyrrole nitrogens is 1. The summed E-state index contributed by atoms with van der Waals surface area (Å²) in [5.74, 6) is 0.429. The molecule has 0 radical (unpaired) electrons. The van der Waals surface area contributed by atoms with Crippen molar-refractivity contribution in [2.75, 3.05) is 13.2 Å². The first-order chi connectivity index (χ1) is 13.3. The van der Waals surface area contributed by atoms with Gasteiger partial charge in [0.05, 0.1) is 18.3 Å². The lowest BCUT2D eigenvalue weighted by molar-refractivity contribution is 0.244. The number of nitrogens with one attached hydrogen (secondary N) is 1. The fourth-order valence-electron chi connectivity index (χ4n) is 3.66. The Balaban J connectivity index is 1.33. The van der Waals surface area contributed by atoms with Crippen LogP contribution in [0.3, 0.4) is 0 Å². The lowest BCUT2D eigenvalue weighted by atomic mass is 10.1. The summed E-state index contributed by atoms with van der Waals surface area (Å²) in [4.78, 5) is 2.50. The largest absolute Gasteiger partial charge is 0.493 e. The molecule has 27 heavy (non-hydrogen) atoms. The van der Waals surface area contributed by atoms with Gasteiger partial charge < -0.3 is 4.74 Å². The van der Waals surface area contributed by atoms with Gasteiger partial charge in [0.2, 0.25) is 0 Å². The van der Waals surface area contributed by atoms with E-state index in [4.69, 9.17) is 4.74 Å². The van der Waals surface area contributed by atoms with Gasteiger partial charge in [-0.1, -0.05) is 30.3 Å². The lowest BCUT2D eigenvalue weighted by Crippen LogP contribution is -2.23. The van der Waals surface area contributed by atoms with E-state index >= 15 is 0 Å². The van der Waals surface area contributed by atoms with Gasteiger partial charge in [-0.15, -0.1) is 0 Å². The first-order valence-electron chi connectivity index (χ1n) is 9.48. The van der Waals surface area contributed by atoms with Gasteiger partial charge in [0.25, 0.3) is 0 Å². The van der Waals surface area contributed by atoms with E-state index in [-0.39, 0.29) is 5.82 Å². The van der Waals surface area contributed by atoms with E-state index in [2.05, 4.69) is 51.5 Å². The summed E-state index contributed by atoms with van der Waals surface area (Å²) in [5, 5.41) is 7.70. The van der Waals surface area contributed by atoms with Crippen LogP contribution >= 0.6 is 0 Å². The first-order valence-corrected chi connectivity index (χ1v) is 9.48. The minimum Gasteiger partial charge on any atom is -0.493 e. The van der Waals surface area contributed by atoms with Gasteiger partial charge in [0.15, 0.2) is 0 Å². The molecular formula is C22H24FN3O. The zero-order valence-electron chi connectivity index (χ0n) is 15.3. The third kappa shape index (κ3) is 4.55. The zero-order chi connectivity index (χ0) is 18.5. The molecule has 1 aliphatic rings. The van der Waals surface area contributed by atoms with Crippen molar-refractivity contribution in [1.29, 1.82) is 0 Å². The van der Waals surface area contributed by atoms with E-state index in [1.54, 1.807) is 12.1 Å². The molecule has 0 amide bonds. The van der Waals surface area contributed by atoms with Crippen molar-refractivity contribution < 1.29 is 9.13 Å². The van der Waals surface area contributed by atoms with Gasteiger partial charge in [0, 0.05) is 18.7 Å². The van der Waals surface area contributed by atoms with Crippen molar-refractivity contribution in [2.45, 2.75) is 31.8 Å². The van der Waals surface area contributed by atoms with Crippen LogP contribution in [-0.4, -0.2) is 28.2 Å². The minimum absolute atomic E-state index is 0.253. The maximum Gasteiger partial charge on any atom is 0.123 e. The molecule has 140 valence electrons. The number of aromatic nitrogens is 2. The number of benzene rings is 2. The molecule has 1 saturated heterocycles. The second-order valence-electron chi connectivity index (χ2n) is 6.98. The van der Waals surface area contributed by atoms with E-state index in [0.29, 0.717) is 18.4 Å². The van der Waals surface area contributed by atoms with Crippen molar-refractivity contribution in [3.63, 3.8) is 0 Å². The van der Waals surface area contributed by atoms with Gasteiger partial charge in [0.1, 0.15) is 11.6 Å². The SMILES string of the molecule is Fc1ccc(OCCc2cc(C3CCCN3Cc3ccccc3)n[nH]2)cc1. The second kappa shape index (κ2) is 8.35. The standard InChI is InChI=1S/C22H24FN3O/c23-18-8-10-20(11-9-18)27-14-12-19-15-21(25-24-19)22-7-4-13-26(22)16-17-5-2-1-3-6-17/h1-3,5-6,8-11,15,22H,4,7,12-14,16H2,(H,24,25). The summed E-state index contributed by atoms with van der Waals surface area (Å²) in [7, 11) is 0. The number of aromatic amines is 1. The summed E-state index contributed by atoms with van der Waals surface area (Å²) in [6.07, 6.45) is 3.09. The van der Waals surface area contributed by atoms with Gasteiger partial charge >= 0.3 is 0 Å². The molecule has 3 aromatic rings. The molecule has 1 atom stereocenters. The monoisotopic (exact) mass is 365 g/mol. The van der Waals surface area contributed by atoms with Crippen molar-refractivity contribution >= 4 is 0 Å². The number of ether oxygens (including phenoxy) is 1. The summed E-state index contributed by atoms with van der Waals surface area (Å²) in [6.45, 7) is 2.60. The van der Waals surface area contributed by atoms with Crippen LogP contribution in [0.1, 0.15) is 35.8 Å². The molecule has 1 aromatic heterocycles. The summed E-state index contributed by atoms with van der Waals surface area (Å²) >= 11 is 0. The van der Waals surface area contributed by atoms with Crippen molar-refractivity contribution in [1.82, 2.24) is 15.1 Å². The maximum absolute atomic E-state index is 12.9. The Morgan fingerprint density at radius 1 is 1.11 bits per heavy atom. The van der Waals surface area contributed by atoms with E-state index in [9.17, 15) is 4.39 Å². The Morgan fingerprint density at radius 2 is 1.93 bits per heavy atom. The smallest absolute Gasteiger partial charge is 0.123 e. The third-order valence-electron chi connectivity index (χ3n) is 5.04. The number of rotatable bonds is 7. The fourth-order valence-corrected chi connectivity index (χ4v) is 3.66. The number of halogens is 1. The quantitative estimate of drug-likeness (QED) is 0.670. The molecule has 0 bridgehead atoms. The Kier molecular flexibility index (Phi) is 5.49. The number of hydrogen-bond acceptors (Lipinski definition) is 3. The Labute approximate surface area is 159 Å². The highest BCUT2D eigenvalue weighted by Crippen LogP contribution is 2.32. The predicted octanol–water partition coefficient (Wildman–Crippen LogP) is 4.51. The maximum atomic E-state index is 12.9. The zero-order valence-corrected chi connectivity index (χ0v) is 15.3. The number of nitrogens with zero attached hydrogens (tertiary/aromatic N) is 2. The van der Waals surface area contributed by atoms with Gasteiger partial charge in [-0.25, -0.2) is 4.39 Å². The van der Waals surface area contributed by atoms with Crippen LogP contribution in [0.25, 0.3) is 0 Å². The van der Waals surface area contributed by atoms with Crippen LogP contribution in [0.15, 0.2) is 60.7 Å². The van der Waals surface area contributed by atoms with E-state index in [1.165, 1.54) is 24.1 Å².